The van der Waals surface area contributed by atoms with Gasteiger partial charge in [0.2, 0.25) is 10.0 Å². The van der Waals surface area contributed by atoms with E-state index >= 15 is 0 Å². The molecule has 0 fully saturated rings. The molecule has 1 amide bonds. The van der Waals surface area contributed by atoms with Gasteiger partial charge >= 0.3 is 0 Å². The maximum atomic E-state index is 12.6. The second-order valence-electron chi connectivity index (χ2n) is 5.43. The van der Waals surface area contributed by atoms with Crippen LogP contribution in [0.4, 0.5) is 5.13 Å². The summed E-state index contributed by atoms with van der Waals surface area (Å²) in [7, 11) is -2.68. The fraction of sp³-hybridized carbons (Fsp3) is 0.267. The van der Waals surface area contributed by atoms with Crippen molar-refractivity contribution in [1.29, 1.82) is 0 Å². The highest BCUT2D eigenvalue weighted by atomic mass is 32.2. The van der Waals surface area contributed by atoms with Crippen LogP contribution in [0.25, 0.3) is 0 Å². The molecule has 0 bridgehead atoms. The molecule has 0 saturated heterocycles. The largest absolute Gasteiger partial charge is 0.300 e. The minimum Gasteiger partial charge on any atom is -0.300 e. The quantitative estimate of drug-likeness (QED) is 0.815. The Hall–Kier alpha value is -2.10. The lowest BCUT2D eigenvalue weighted by Gasteiger charge is -2.30. The third kappa shape index (κ3) is 2.54. The number of ketones is 1. The summed E-state index contributed by atoms with van der Waals surface area (Å²) in [5.41, 5.74) is 0.804. The number of rotatable bonds is 2. The van der Waals surface area contributed by atoms with Gasteiger partial charge in [-0.2, -0.15) is 4.31 Å². The summed E-state index contributed by atoms with van der Waals surface area (Å²) in [6.45, 7) is 3.67. The van der Waals surface area contributed by atoms with Crippen molar-refractivity contribution in [2.75, 3.05) is 12.4 Å². The molecule has 0 spiro atoms. The van der Waals surface area contributed by atoms with Crippen LogP contribution in [0.5, 0.6) is 0 Å². The summed E-state index contributed by atoms with van der Waals surface area (Å²) in [5, 5.41) is 2.88. The van der Waals surface area contributed by atoms with Crippen molar-refractivity contribution in [3.05, 3.63) is 40.4 Å². The van der Waals surface area contributed by atoms with Crippen molar-refractivity contribution in [3.8, 4) is 0 Å². The number of amides is 1. The summed E-state index contributed by atoms with van der Waals surface area (Å²) in [4.78, 5) is 30.2. The molecule has 0 saturated carbocycles. The minimum atomic E-state index is -3.91. The second-order valence-corrected chi connectivity index (χ2v) is 8.60. The van der Waals surface area contributed by atoms with Crippen LogP contribution in [0.1, 0.15) is 20.9 Å². The molecule has 126 valence electrons. The van der Waals surface area contributed by atoms with E-state index in [2.05, 4.69) is 10.3 Å². The summed E-state index contributed by atoms with van der Waals surface area (Å²) < 4.78 is 25.9. The number of hydrogen-bond donors (Lipinski definition) is 1. The third-order valence-corrected chi connectivity index (χ3v) is 6.80. The van der Waals surface area contributed by atoms with E-state index in [0.29, 0.717) is 5.13 Å². The Morgan fingerprint density at radius 3 is 2.58 bits per heavy atom. The van der Waals surface area contributed by atoms with Gasteiger partial charge in [-0.05, 0) is 26.0 Å². The lowest BCUT2D eigenvalue weighted by molar-refractivity contribution is -0.118. The third-order valence-electron chi connectivity index (χ3n) is 3.93. The first-order chi connectivity index (χ1) is 11.2. The number of aromatic nitrogens is 1. The van der Waals surface area contributed by atoms with E-state index in [1.807, 2.05) is 6.92 Å². The standard InChI is InChI=1S/C15H15N3O4S2/c1-8-9(2)23-15(16-8)17-14(20)12-13(19)10-6-4-5-7-11(10)24(21,22)18(12)3/h4-7,12H,1-3H3,(H,16,17,20). The molecule has 0 radical (unpaired) electrons. The highest BCUT2D eigenvalue weighted by Crippen LogP contribution is 2.30. The van der Waals surface area contributed by atoms with Gasteiger partial charge in [-0.25, -0.2) is 13.4 Å². The number of carbonyl (C=O) groups is 2. The van der Waals surface area contributed by atoms with Crippen molar-refractivity contribution < 1.29 is 18.0 Å². The molecule has 1 unspecified atom stereocenters. The van der Waals surface area contributed by atoms with Crippen LogP contribution >= 0.6 is 11.3 Å². The predicted octanol–water partition coefficient (Wildman–Crippen LogP) is 1.58. The zero-order valence-corrected chi connectivity index (χ0v) is 14.9. The first-order valence-electron chi connectivity index (χ1n) is 7.09. The Morgan fingerprint density at radius 1 is 1.29 bits per heavy atom. The Bertz CT molecular complexity index is 930. The Morgan fingerprint density at radius 2 is 1.96 bits per heavy atom. The Labute approximate surface area is 143 Å². The van der Waals surface area contributed by atoms with Crippen molar-refractivity contribution in [1.82, 2.24) is 9.29 Å². The molecule has 1 atom stereocenters. The predicted molar refractivity (Wildman–Crippen MR) is 89.7 cm³/mol. The SMILES string of the molecule is Cc1nc(NC(=O)C2C(=O)c3ccccc3S(=O)(=O)N2C)sc1C. The summed E-state index contributed by atoms with van der Waals surface area (Å²) >= 11 is 1.27. The number of aryl methyl sites for hydroxylation is 2. The average molecular weight is 365 g/mol. The number of sulfonamides is 1. The van der Waals surface area contributed by atoms with Crippen molar-refractivity contribution >= 4 is 38.2 Å². The molecule has 1 aliphatic rings. The van der Waals surface area contributed by atoms with E-state index in [-0.39, 0.29) is 10.5 Å². The Kier molecular flexibility index (Phi) is 4.02. The summed E-state index contributed by atoms with van der Waals surface area (Å²) in [6, 6.07) is 4.44. The number of anilines is 1. The van der Waals surface area contributed by atoms with Crippen LogP contribution in [-0.2, 0) is 14.8 Å². The highest BCUT2D eigenvalue weighted by molar-refractivity contribution is 7.89. The molecule has 24 heavy (non-hydrogen) atoms. The van der Waals surface area contributed by atoms with E-state index in [1.54, 1.807) is 19.1 Å². The molecular weight excluding hydrogens is 350 g/mol. The summed E-state index contributed by atoms with van der Waals surface area (Å²) in [6.07, 6.45) is 0. The van der Waals surface area contributed by atoms with Crippen molar-refractivity contribution in [2.24, 2.45) is 0 Å². The number of benzene rings is 1. The van der Waals surface area contributed by atoms with E-state index in [4.69, 9.17) is 0 Å². The second kappa shape index (κ2) is 5.76. The van der Waals surface area contributed by atoms with E-state index < -0.39 is 27.8 Å². The van der Waals surface area contributed by atoms with Crippen LogP contribution in [0.3, 0.4) is 0 Å². The molecule has 1 aliphatic heterocycles. The highest BCUT2D eigenvalue weighted by Gasteiger charge is 2.45. The van der Waals surface area contributed by atoms with Gasteiger partial charge < -0.3 is 5.32 Å². The van der Waals surface area contributed by atoms with Crippen LogP contribution in [0.2, 0.25) is 0 Å². The number of carbonyl (C=O) groups excluding carboxylic acids is 2. The van der Waals surface area contributed by atoms with Gasteiger partial charge in [-0.1, -0.05) is 12.1 Å². The smallest absolute Gasteiger partial charge is 0.252 e. The Balaban J connectivity index is 1.99. The van der Waals surface area contributed by atoms with Crippen molar-refractivity contribution in [3.63, 3.8) is 0 Å². The van der Waals surface area contributed by atoms with Crippen molar-refractivity contribution in [2.45, 2.75) is 24.8 Å². The van der Waals surface area contributed by atoms with Gasteiger partial charge in [-0.15, -0.1) is 11.3 Å². The minimum absolute atomic E-state index is 0.0299. The molecule has 1 N–H and O–H groups in total. The lowest BCUT2D eigenvalue weighted by Crippen LogP contribution is -2.53. The molecule has 9 heteroatoms. The normalized spacial score (nSPS) is 19.8. The molecule has 0 aliphatic carbocycles. The average Bonchev–Trinajstić information content (AvgIpc) is 2.84. The van der Waals surface area contributed by atoms with Gasteiger partial charge in [0.25, 0.3) is 5.91 Å². The van der Waals surface area contributed by atoms with Crippen LogP contribution in [0.15, 0.2) is 29.2 Å². The fourth-order valence-corrected chi connectivity index (χ4v) is 4.78. The van der Waals surface area contributed by atoms with Crippen LogP contribution in [0, 0.1) is 13.8 Å². The number of nitrogens with one attached hydrogen (secondary N) is 1. The monoisotopic (exact) mass is 365 g/mol. The van der Waals surface area contributed by atoms with Gasteiger partial charge in [-0.3, -0.25) is 9.59 Å². The van der Waals surface area contributed by atoms with E-state index in [0.717, 1.165) is 14.9 Å². The zero-order valence-electron chi connectivity index (χ0n) is 13.2. The molecule has 3 rings (SSSR count). The number of fused-ring (bicyclic) bond motifs is 1. The molecule has 2 aromatic rings. The maximum Gasteiger partial charge on any atom is 0.252 e. The molecule has 1 aromatic heterocycles. The number of hydrogen-bond acceptors (Lipinski definition) is 6. The number of thiazole rings is 1. The van der Waals surface area contributed by atoms with Crippen LogP contribution < -0.4 is 5.32 Å². The lowest BCUT2D eigenvalue weighted by atomic mass is 10.0. The topological polar surface area (TPSA) is 96.4 Å². The first-order valence-corrected chi connectivity index (χ1v) is 9.35. The molecule has 1 aromatic carbocycles. The van der Waals surface area contributed by atoms with E-state index in [9.17, 15) is 18.0 Å². The number of nitrogens with zero attached hydrogens (tertiary/aromatic N) is 2. The zero-order chi connectivity index (χ0) is 17.6. The molecule has 7 nitrogen and oxygen atoms in total. The fourth-order valence-electron chi connectivity index (χ4n) is 2.49. The summed E-state index contributed by atoms with van der Waals surface area (Å²) in [5.74, 6) is -1.26. The van der Waals surface area contributed by atoms with Crippen LogP contribution in [-0.4, -0.2) is 42.5 Å². The maximum absolute atomic E-state index is 12.6. The molecular formula is C15H15N3O4S2. The van der Waals surface area contributed by atoms with Gasteiger partial charge in [0, 0.05) is 17.5 Å². The number of Topliss-reactive ketones (excluding diaryl/α,β-unsaturated/α-hetero) is 1. The molecule has 2 heterocycles. The van der Waals surface area contributed by atoms with Gasteiger partial charge in [0.15, 0.2) is 17.0 Å². The number of likely N-dealkylation sites (N-methyl/N-ethyl adjacent to an activating group) is 1. The van der Waals surface area contributed by atoms with Gasteiger partial charge in [0.05, 0.1) is 10.6 Å². The first kappa shape index (κ1) is 16.7. The van der Waals surface area contributed by atoms with E-state index in [1.165, 1.54) is 30.5 Å². The van der Waals surface area contributed by atoms with Gasteiger partial charge in [0.1, 0.15) is 0 Å².